The minimum Gasteiger partial charge on any atom is -0.493 e. The van der Waals surface area contributed by atoms with Crippen LogP contribution < -0.4 is 15.2 Å². The first-order chi connectivity index (χ1) is 13.0. The highest BCUT2D eigenvalue weighted by Gasteiger charge is 2.15. The molecule has 8 nitrogen and oxygen atoms in total. The van der Waals surface area contributed by atoms with E-state index in [0.717, 1.165) is 0 Å². The third kappa shape index (κ3) is 4.12. The zero-order chi connectivity index (χ0) is 19.4. The van der Waals surface area contributed by atoms with Gasteiger partial charge in [0.15, 0.2) is 18.1 Å². The van der Waals surface area contributed by atoms with Crippen LogP contribution in [0, 0.1) is 0 Å². The molecule has 0 atom stereocenters. The predicted molar refractivity (Wildman–Crippen MR) is 97.8 cm³/mol. The molecule has 0 fully saturated rings. The van der Waals surface area contributed by atoms with E-state index in [4.69, 9.17) is 36.1 Å². The van der Waals surface area contributed by atoms with Crippen LogP contribution >= 0.6 is 11.6 Å². The van der Waals surface area contributed by atoms with Gasteiger partial charge in [-0.15, -0.1) is 0 Å². The quantitative estimate of drug-likeness (QED) is 0.504. The van der Waals surface area contributed by atoms with E-state index in [0.29, 0.717) is 33.6 Å². The fourth-order valence-electron chi connectivity index (χ4n) is 2.29. The topological polar surface area (TPSA) is 110 Å². The summed E-state index contributed by atoms with van der Waals surface area (Å²) in [4.78, 5) is 16.3. The van der Waals surface area contributed by atoms with E-state index in [-0.39, 0.29) is 18.1 Å². The van der Waals surface area contributed by atoms with Crippen LogP contribution in [0.2, 0.25) is 5.02 Å². The molecule has 140 valence electrons. The molecule has 0 aliphatic heterocycles. The van der Waals surface area contributed by atoms with Gasteiger partial charge in [0.25, 0.3) is 5.89 Å². The maximum atomic E-state index is 12.1. The fraction of sp³-hybridized carbons (Fsp3) is 0.167. The predicted octanol–water partition coefficient (Wildman–Crippen LogP) is 3.35. The highest BCUT2D eigenvalue weighted by atomic mass is 35.5. The normalized spacial score (nSPS) is 10.5. The molecule has 0 aliphatic rings. The van der Waals surface area contributed by atoms with Crippen molar-refractivity contribution in [3.05, 3.63) is 52.9 Å². The third-order valence-electron chi connectivity index (χ3n) is 3.67. The lowest BCUT2D eigenvalue weighted by Crippen LogP contribution is -2.06. The lowest BCUT2D eigenvalue weighted by Gasteiger charge is -2.07. The van der Waals surface area contributed by atoms with E-state index in [1.54, 1.807) is 25.3 Å². The Balaban J connectivity index is 1.69. The molecule has 3 rings (SSSR count). The lowest BCUT2D eigenvalue weighted by molar-refractivity contribution is 0.0430. The highest BCUT2D eigenvalue weighted by molar-refractivity contribution is 6.33. The summed E-state index contributed by atoms with van der Waals surface area (Å²) in [6, 6.07) is 9.69. The van der Waals surface area contributed by atoms with Crippen LogP contribution in [-0.2, 0) is 11.3 Å². The van der Waals surface area contributed by atoms with Crippen molar-refractivity contribution in [3.8, 4) is 22.9 Å². The van der Waals surface area contributed by atoms with Crippen LogP contribution in [0.5, 0.6) is 11.5 Å². The molecule has 2 aromatic carbocycles. The first-order valence-corrected chi connectivity index (χ1v) is 8.16. The number of methoxy groups -OCH3 is 2. The Bertz CT molecular complexity index is 973. The zero-order valence-corrected chi connectivity index (χ0v) is 15.3. The number of nitrogen functional groups attached to an aromatic ring is 1. The minimum absolute atomic E-state index is 0.148. The molecule has 0 saturated carbocycles. The Kier molecular flexibility index (Phi) is 5.46. The van der Waals surface area contributed by atoms with Crippen molar-refractivity contribution < 1.29 is 23.5 Å². The van der Waals surface area contributed by atoms with E-state index in [2.05, 4.69) is 10.1 Å². The summed E-state index contributed by atoms with van der Waals surface area (Å²) < 4.78 is 20.7. The van der Waals surface area contributed by atoms with Gasteiger partial charge in [-0.2, -0.15) is 4.98 Å². The average molecular weight is 390 g/mol. The van der Waals surface area contributed by atoms with Gasteiger partial charge >= 0.3 is 5.97 Å². The second-order valence-electron chi connectivity index (χ2n) is 5.39. The summed E-state index contributed by atoms with van der Waals surface area (Å²) >= 11 is 5.83. The molecular weight excluding hydrogens is 374 g/mol. The number of carbonyl (C=O) groups is 1. The highest BCUT2D eigenvalue weighted by Crippen LogP contribution is 2.31. The van der Waals surface area contributed by atoms with Gasteiger partial charge in [-0.1, -0.05) is 16.8 Å². The summed E-state index contributed by atoms with van der Waals surface area (Å²) in [5.41, 5.74) is 6.91. The standard InChI is InChI=1S/C18H16ClN3O5/c1-24-14-6-4-10(8-15(14)25-2)17-21-16(27-22-17)9-26-18(23)11-3-5-12(19)13(20)7-11/h3-8H,9,20H2,1-2H3. The summed E-state index contributed by atoms with van der Waals surface area (Å²) in [7, 11) is 3.08. The number of ether oxygens (including phenoxy) is 3. The zero-order valence-electron chi connectivity index (χ0n) is 14.6. The van der Waals surface area contributed by atoms with Crippen LogP contribution in [0.15, 0.2) is 40.9 Å². The molecule has 0 unspecified atom stereocenters. The van der Waals surface area contributed by atoms with E-state index >= 15 is 0 Å². The van der Waals surface area contributed by atoms with Crippen LogP contribution in [0.4, 0.5) is 5.69 Å². The largest absolute Gasteiger partial charge is 0.493 e. The monoisotopic (exact) mass is 389 g/mol. The lowest BCUT2D eigenvalue weighted by atomic mass is 10.2. The summed E-state index contributed by atoms with van der Waals surface area (Å²) in [5, 5.41) is 4.25. The van der Waals surface area contributed by atoms with E-state index < -0.39 is 5.97 Å². The Morgan fingerprint density at radius 2 is 1.93 bits per heavy atom. The Labute approximate surface area is 159 Å². The molecule has 1 aromatic heterocycles. The molecule has 9 heteroatoms. The SMILES string of the molecule is COc1ccc(-c2noc(COC(=O)c3ccc(Cl)c(N)c3)n2)cc1OC. The Morgan fingerprint density at radius 1 is 1.15 bits per heavy atom. The number of esters is 1. The molecule has 0 saturated heterocycles. The molecule has 27 heavy (non-hydrogen) atoms. The number of aromatic nitrogens is 2. The van der Waals surface area contributed by atoms with Crippen molar-refractivity contribution in [3.63, 3.8) is 0 Å². The number of rotatable bonds is 6. The van der Waals surface area contributed by atoms with Crippen LogP contribution in [0.25, 0.3) is 11.4 Å². The number of anilines is 1. The number of hydrogen-bond acceptors (Lipinski definition) is 8. The van der Waals surface area contributed by atoms with Gasteiger partial charge in [0.2, 0.25) is 5.82 Å². The molecule has 0 spiro atoms. The van der Waals surface area contributed by atoms with Crippen molar-refractivity contribution in [2.45, 2.75) is 6.61 Å². The number of carbonyl (C=O) groups excluding carboxylic acids is 1. The molecular formula is C18H16ClN3O5. The minimum atomic E-state index is -0.579. The van der Waals surface area contributed by atoms with Gasteiger partial charge in [-0.05, 0) is 36.4 Å². The van der Waals surface area contributed by atoms with Crippen molar-refractivity contribution in [1.82, 2.24) is 10.1 Å². The van der Waals surface area contributed by atoms with Gasteiger partial charge in [0.1, 0.15) is 0 Å². The number of hydrogen-bond donors (Lipinski definition) is 1. The van der Waals surface area contributed by atoms with Gasteiger partial charge in [-0.25, -0.2) is 4.79 Å². The number of nitrogens with two attached hydrogens (primary N) is 1. The third-order valence-corrected chi connectivity index (χ3v) is 4.01. The van der Waals surface area contributed by atoms with E-state index in [9.17, 15) is 4.79 Å². The molecule has 0 amide bonds. The van der Waals surface area contributed by atoms with Crippen LogP contribution in [-0.4, -0.2) is 30.3 Å². The second-order valence-corrected chi connectivity index (χ2v) is 5.80. The van der Waals surface area contributed by atoms with Gasteiger partial charge in [0.05, 0.1) is 30.5 Å². The second kappa shape index (κ2) is 7.96. The smallest absolute Gasteiger partial charge is 0.338 e. The summed E-state index contributed by atoms with van der Waals surface area (Å²) in [5.74, 6) is 1.02. The van der Waals surface area contributed by atoms with Gasteiger partial charge in [0, 0.05) is 5.56 Å². The summed E-state index contributed by atoms with van der Waals surface area (Å²) in [6.45, 7) is -0.179. The van der Waals surface area contributed by atoms with Crippen molar-refractivity contribution in [2.75, 3.05) is 20.0 Å². The first kappa shape index (κ1) is 18.5. The Hall–Kier alpha value is -3.26. The maximum Gasteiger partial charge on any atom is 0.338 e. The van der Waals surface area contributed by atoms with Crippen LogP contribution in [0.1, 0.15) is 16.2 Å². The molecule has 1 heterocycles. The number of benzene rings is 2. The number of halogens is 1. The molecule has 0 aliphatic carbocycles. The maximum absolute atomic E-state index is 12.1. The van der Waals surface area contributed by atoms with E-state index in [1.165, 1.54) is 25.3 Å². The van der Waals surface area contributed by atoms with Crippen molar-refractivity contribution in [2.24, 2.45) is 0 Å². The number of nitrogens with zero attached hydrogens (tertiary/aromatic N) is 2. The van der Waals surface area contributed by atoms with Gasteiger partial charge in [-0.3, -0.25) is 0 Å². The van der Waals surface area contributed by atoms with Gasteiger partial charge < -0.3 is 24.5 Å². The fourth-order valence-corrected chi connectivity index (χ4v) is 2.40. The average Bonchev–Trinajstić information content (AvgIpc) is 3.16. The Morgan fingerprint density at radius 3 is 2.63 bits per heavy atom. The van der Waals surface area contributed by atoms with Crippen molar-refractivity contribution in [1.29, 1.82) is 0 Å². The van der Waals surface area contributed by atoms with Crippen molar-refractivity contribution >= 4 is 23.3 Å². The summed E-state index contributed by atoms with van der Waals surface area (Å²) in [6.07, 6.45) is 0. The molecule has 3 aromatic rings. The molecule has 2 N–H and O–H groups in total. The molecule has 0 radical (unpaired) electrons. The van der Waals surface area contributed by atoms with E-state index in [1.807, 2.05) is 0 Å². The first-order valence-electron chi connectivity index (χ1n) is 7.79. The van der Waals surface area contributed by atoms with Crippen LogP contribution in [0.3, 0.4) is 0 Å². The molecule has 0 bridgehead atoms.